The molecule has 3 rings (SSSR count). The van der Waals surface area contributed by atoms with Crippen LogP contribution in [0.3, 0.4) is 0 Å². The van der Waals surface area contributed by atoms with Gasteiger partial charge in [0.25, 0.3) is 0 Å². The highest BCUT2D eigenvalue weighted by atomic mass is 32.2. The molecule has 2 heterocycles. The van der Waals surface area contributed by atoms with Crippen molar-refractivity contribution >= 4 is 15.8 Å². The molecule has 0 amide bonds. The summed E-state index contributed by atoms with van der Waals surface area (Å²) in [6, 6.07) is 7.15. The number of hydrogen-bond donors (Lipinski definition) is 0. The minimum atomic E-state index is -3.30. The summed E-state index contributed by atoms with van der Waals surface area (Å²) in [5.41, 5.74) is -0.110. The number of carbonyl (C=O) groups excluding carboxylic acids is 1. The monoisotopic (exact) mass is 309 g/mol. The first-order valence-corrected chi connectivity index (χ1v) is 8.65. The number of carbonyl (C=O) groups is 1. The molecule has 0 bridgehead atoms. The van der Waals surface area contributed by atoms with Gasteiger partial charge >= 0.3 is 0 Å². The average Bonchev–Trinajstić information content (AvgIpc) is 2.82. The molecule has 1 aromatic rings. The van der Waals surface area contributed by atoms with E-state index < -0.39 is 20.9 Å². The number of nitrogens with zero attached hydrogens (tertiary/aromatic N) is 1. The fourth-order valence-corrected chi connectivity index (χ4v) is 4.35. The zero-order valence-corrected chi connectivity index (χ0v) is 13.0. The molecule has 0 aliphatic carbocycles. The van der Waals surface area contributed by atoms with E-state index >= 15 is 0 Å². The number of fused-ring (bicyclic) bond motifs is 1. The largest absolute Gasteiger partial charge is 0.485 e. The Morgan fingerprint density at radius 2 is 2.00 bits per heavy atom. The Hall–Kier alpha value is -1.40. The second-order valence-electron chi connectivity index (χ2n) is 6.06. The van der Waals surface area contributed by atoms with Gasteiger partial charge in [-0.3, -0.25) is 4.79 Å². The third-order valence-electron chi connectivity index (χ3n) is 4.23. The summed E-state index contributed by atoms with van der Waals surface area (Å²) in [5.74, 6) is 0.596. The van der Waals surface area contributed by atoms with Crippen molar-refractivity contribution in [2.75, 3.05) is 13.1 Å². The van der Waals surface area contributed by atoms with Crippen molar-refractivity contribution in [1.82, 2.24) is 4.31 Å². The lowest BCUT2D eigenvalue weighted by atomic mass is 9.89. The van der Waals surface area contributed by atoms with Crippen molar-refractivity contribution in [2.24, 2.45) is 0 Å². The van der Waals surface area contributed by atoms with Crippen molar-refractivity contribution in [3.63, 3.8) is 0 Å². The third-order valence-corrected chi connectivity index (χ3v) is 6.46. The van der Waals surface area contributed by atoms with Crippen LogP contribution >= 0.6 is 0 Å². The fraction of sp³-hybridized carbons (Fsp3) is 0.533. The summed E-state index contributed by atoms with van der Waals surface area (Å²) in [6.07, 6.45) is 0.799. The Labute approximate surface area is 124 Å². The molecule has 1 saturated heterocycles. The first kappa shape index (κ1) is 14.5. The molecule has 21 heavy (non-hydrogen) atoms. The maximum Gasteiger partial charge on any atom is 0.216 e. The zero-order chi connectivity index (χ0) is 15.3. The van der Waals surface area contributed by atoms with E-state index in [4.69, 9.17) is 4.74 Å². The summed E-state index contributed by atoms with van der Waals surface area (Å²) in [5, 5.41) is -0.459. The minimum absolute atomic E-state index is 0.0284. The van der Waals surface area contributed by atoms with Crippen LogP contribution in [0.4, 0.5) is 0 Å². The van der Waals surface area contributed by atoms with Gasteiger partial charge in [-0.25, -0.2) is 8.42 Å². The number of ketones is 1. The summed E-state index contributed by atoms with van der Waals surface area (Å²) in [4.78, 5) is 12.3. The molecule has 0 aromatic heterocycles. The smallest absolute Gasteiger partial charge is 0.216 e. The second-order valence-corrected chi connectivity index (χ2v) is 8.55. The fourth-order valence-electron chi connectivity index (χ4n) is 2.99. The molecular formula is C15H19NO4S. The lowest BCUT2D eigenvalue weighted by Crippen LogP contribution is -2.46. The highest BCUT2D eigenvalue weighted by molar-refractivity contribution is 7.89. The molecular weight excluding hydrogens is 290 g/mol. The van der Waals surface area contributed by atoms with E-state index in [-0.39, 0.29) is 18.7 Å². The predicted octanol–water partition coefficient (Wildman–Crippen LogP) is 1.83. The zero-order valence-electron chi connectivity index (χ0n) is 12.2. The van der Waals surface area contributed by atoms with Crippen LogP contribution in [0.5, 0.6) is 5.75 Å². The van der Waals surface area contributed by atoms with Gasteiger partial charge < -0.3 is 4.74 Å². The van der Waals surface area contributed by atoms with Crippen molar-refractivity contribution in [1.29, 1.82) is 0 Å². The van der Waals surface area contributed by atoms with Gasteiger partial charge in [0.05, 0.1) is 23.8 Å². The van der Waals surface area contributed by atoms with Gasteiger partial charge in [-0.05, 0) is 26.0 Å². The predicted molar refractivity (Wildman–Crippen MR) is 79.0 cm³/mol. The van der Waals surface area contributed by atoms with Crippen LogP contribution in [0.2, 0.25) is 0 Å². The molecule has 5 nitrogen and oxygen atoms in total. The molecule has 1 unspecified atom stereocenters. The van der Waals surface area contributed by atoms with Crippen molar-refractivity contribution in [3.8, 4) is 5.75 Å². The highest BCUT2D eigenvalue weighted by Crippen LogP contribution is 2.39. The molecule has 0 radical (unpaired) electrons. The topological polar surface area (TPSA) is 63.7 Å². The van der Waals surface area contributed by atoms with Gasteiger partial charge in [0.2, 0.25) is 10.0 Å². The Balaban J connectivity index is 1.88. The molecule has 6 heteroatoms. The molecule has 114 valence electrons. The number of para-hydroxylation sites is 1. The Morgan fingerprint density at radius 3 is 2.71 bits per heavy atom. The van der Waals surface area contributed by atoms with Crippen LogP contribution < -0.4 is 4.74 Å². The standard InChI is InChI=1S/C15H19NO4S/c1-11(2)21(18,19)16-8-7-15(10-16)9-13(17)12-5-3-4-6-14(12)20-15/h3-6,11H,7-10H2,1-2H3. The Kier molecular flexibility index (Phi) is 3.33. The molecule has 0 saturated carbocycles. The van der Waals surface area contributed by atoms with E-state index in [2.05, 4.69) is 0 Å². The first-order valence-electron chi connectivity index (χ1n) is 7.14. The van der Waals surface area contributed by atoms with Gasteiger partial charge in [-0.15, -0.1) is 0 Å². The van der Waals surface area contributed by atoms with Crippen LogP contribution in [0.15, 0.2) is 24.3 Å². The van der Waals surface area contributed by atoms with Crippen molar-refractivity contribution in [3.05, 3.63) is 29.8 Å². The molecule has 1 spiro atoms. The van der Waals surface area contributed by atoms with Crippen LogP contribution in [0, 0.1) is 0 Å². The molecule has 1 atom stereocenters. The number of benzene rings is 1. The van der Waals surface area contributed by atoms with Crippen LogP contribution in [0.25, 0.3) is 0 Å². The van der Waals surface area contributed by atoms with Crippen LogP contribution in [0.1, 0.15) is 37.0 Å². The van der Waals surface area contributed by atoms with Gasteiger partial charge in [0, 0.05) is 13.0 Å². The molecule has 2 aliphatic heterocycles. The van der Waals surface area contributed by atoms with Crippen molar-refractivity contribution in [2.45, 2.75) is 37.5 Å². The summed E-state index contributed by atoms with van der Waals surface area (Å²) in [6.45, 7) is 4.01. The highest BCUT2D eigenvalue weighted by Gasteiger charge is 2.48. The lowest BCUT2D eigenvalue weighted by molar-refractivity contribution is 0.0498. The molecule has 2 aliphatic rings. The number of Topliss-reactive ketones (excluding diaryl/α,β-unsaturated/α-hetero) is 1. The normalized spacial score (nSPS) is 26.1. The van der Waals surface area contributed by atoms with E-state index in [9.17, 15) is 13.2 Å². The van der Waals surface area contributed by atoms with E-state index in [1.807, 2.05) is 12.1 Å². The van der Waals surface area contributed by atoms with E-state index in [1.54, 1.807) is 26.0 Å². The summed E-state index contributed by atoms with van der Waals surface area (Å²) < 4.78 is 32.0. The van der Waals surface area contributed by atoms with E-state index in [0.29, 0.717) is 24.3 Å². The van der Waals surface area contributed by atoms with Gasteiger partial charge in [0.15, 0.2) is 5.78 Å². The van der Waals surface area contributed by atoms with E-state index in [1.165, 1.54) is 4.31 Å². The number of sulfonamides is 1. The minimum Gasteiger partial charge on any atom is -0.485 e. The van der Waals surface area contributed by atoms with Crippen molar-refractivity contribution < 1.29 is 17.9 Å². The molecule has 1 fully saturated rings. The summed E-state index contributed by atoms with van der Waals surface area (Å²) >= 11 is 0. The number of hydrogen-bond acceptors (Lipinski definition) is 4. The van der Waals surface area contributed by atoms with Crippen LogP contribution in [-0.4, -0.2) is 42.4 Å². The van der Waals surface area contributed by atoms with Gasteiger partial charge in [-0.1, -0.05) is 12.1 Å². The Bertz CT molecular complexity index is 683. The van der Waals surface area contributed by atoms with E-state index in [0.717, 1.165) is 0 Å². The van der Waals surface area contributed by atoms with Gasteiger partial charge in [0.1, 0.15) is 11.4 Å². The number of ether oxygens (including phenoxy) is 1. The average molecular weight is 309 g/mol. The molecule has 1 aromatic carbocycles. The maximum atomic E-state index is 12.3. The quantitative estimate of drug-likeness (QED) is 0.836. The third kappa shape index (κ3) is 2.36. The van der Waals surface area contributed by atoms with Gasteiger partial charge in [-0.2, -0.15) is 4.31 Å². The van der Waals surface area contributed by atoms with Crippen LogP contribution in [-0.2, 0) is 10.0 Å². The summed E-state index contributed by atoms with van der Waals surface area (Å²) in [7, 11) is -3.30. The SMILES string of the molecule is CC(C)S(=O)(=O)N1CCC2(CC(=O)c3ccccc3O2)C1. The second kappa shape index (κ2) is 4.81. The lowest BCUT2D eigenvalue weighted by Gasteiger charge is -2.34. The first-order chi connectivity index (χ1) is 9.84. The molecule has 0 N–H and O–H groups in total. The number of rotatable bonds is 2. The Morgan fingerprint density at radius 1 is 1.29 bits per heavy atom. The maximum absolute atomic E-state index is 12.3.